The van der Waals surface area contributed by atoms with Gasteiger partial charge in [-0.1, -0.05) is 33.6 Å². The third-order valence-corrected chi connectivity index (χ3v) is 2.91. The van der Waals surface area contributed by atoms with E-state index in [0.29, 0.717) is 11.6 Å². The van der Waals surface area contributed by atoms with Crippen LogP contribution < -0.4 is 5.32 Å². The van der Waals surface area contributed by atoms with E-state index in [4.69, 9.17) is 16.3 Å². The van der Waals surface area contributed by atoms with Gasteiger partial charge in [0.1, 0.15) is 6.54 Å². The van der Waals surface area contributed by atoms with E-state index >= 15 is 0 Å². The predicted octanol–water partition coefficient (Wildman–Crippen LogP) is 3.25. The van der Waals surface area contributed by atoms with Crippen molar-refractivity contribution in [1.29, 1.82) is 0 Å². The van der Waals surface area contributed by atoms with Gasteiger partial charge >= 0.3 is 5.97 Å². The second kappa shape index (κ2) is 7.56. The standard InChI is InChI=1S/C12H15BrClNO2/c1-2-17-12(16)8-15-10-4-3-9(5-6-13)11(14)7-10/h3-4,7,15H,2,5-6,8H2,1H3. The van der Waals surface area contributed by atoms with Crippen molar-refractivity contribution in [2.24, 2.45) is 0 Å². The number of carbonyl (C=O) groups excluding carboxylic acids is 1. The van der Waals surface area contributed by atoms with Crippen molar-refractivity contribution in [3.05, 3.63) is 28.8 Å². The number of hydrogen-bond acceptors (Lipinski definition) is 3. The Kier molecular flexibility index (Phi) is 6.37. The van der Waals surface area contributed by atoms with Gasteiger partial charge in [0.15, 0.2) is 0 Å². The zero-order chi connectivity index (χ0) is 12.7. The average molecular weight is 321 g/mol. The van der Waals surface area contributed by atoms with Crippen LogP contribution in [-0.2, 0) is 16.0 Å². The average Bonchev–Trinajstić information content (AvgIpc) is 2.30. The summed E-state index contributed by atoms with van der Waals surface area (Å²) >= 11 is 9.48. The van der Waals surface area contributed by atoms with Gasteiger partial charge in [-0.2, -0.15) is 0 Å². The number of hydrogen-bond donors (Lipinski definition) is 1. The Morgan fingerprint density at radius 2 is 2.29 bits per heavy atom. The molecule has 0 heterocycles. The van der Waals surface area contributed by atoms with Gasteiger partial charge in [0, 0.05) is 16.0 Å². The Bertz CT molecular complexity index is 385. The molecule has 0 atom stereocenters. The highest BCUT2D eigenvalue weighted by atomic mass is 79.9. The van der Waals surface area contributed by atoms with E-state index < -0.39 is 0 Å². The SMILES string of the molecule is CCOC(=O)CNc1ccc(CCBr)c(Cl)c1. The maximum Gasteiger partial charge on any atom is 0.325 e. The normalized spacial score (nSPS) is 10.1. The number of anilines is 1. The van der Waals surface area contributed by atoms with Crippen LogP contribution in [0.3, 0.4) is 0 Å². The van der Waals surface area contributed by atoms with Crippen LogP contribution in [0, 0.1) is 0 Å². The van der Waals surface area contributed by atoms with Crippen molar-refractivity contribution in [3.63, 3.8) is 0 Å². The molecule has 1 aromatic carbocycles. The fraction of sp³-hybridized carbons (Fsp3) is 0.417. The molecule has 0 aliphatic rings. The number of rotatable bonds is 6. The minimum Gasteiger partial charge on any atom is -0.465 e. The highest BCUT2D eigenvalue weighted by Gasteiger charge is 2.04. The summed E-state index contributed by atoms with van der Waals surface area (Å²) in [5.41, 5.74) is 1.91. The summed E-state index contributed by atoms with van der Waals surface area (Å²) in [6.07, 6.45) is 0.886. The third-order valence-electron chi connectivity index (χ3n) is 2.16. The van der Waals surface area contributed by atoms with Crippen LogP contribution in [0.25, 0.3) is 0 Å². The smallest absolute Gasteiger partial charge is 0.325 e. The fourth-order valence-electron chi connectivity index (χ4n) is 1.35. The first-order valence-electron chi connectivity index (χ1n) is 5.41. The minimum atomic E-state index is -0.270. The third kappa shape index (κ3) is 4.96. The summed E-state index contributed by atoms with van der Waals surface area (Å²) in [6, 6.07) is 5.68. The molecule has 0 aliphatic carbocycles. The van der Waals surface area contributed by atoms with E-state index in [1.807, 2.05) is 18.2 Å². The molecule has 0 aliphatic heterocycles. The number of nitrogens with one attached hydrogen (secondary N) is 1. The number of esters is 1. The predicted molar refractivity (Wildman–Crippen MR) is 74.1 cm³/mol. The molecule has 0 fully saturated rings. The zero-order valence-electron chi connectivity index (χ0n) is 9.63. The molecule has 3 nitrogen and oxygen atoms in total. The van der Waals surface area contributed by atoms with Crippen LogP contribution in [-0.4, -0.2) is 24.5 Å². The Labute approximate surface area is 115 Å². The molecule has 0 bridgehead atoms. The van der Waals surface area contributed by atoms with Crippen LogP contribution >= 0.6 is 27.5 Å². The summed E-state index contributed by atoms with van der Waals surface area (Å²) in [7, 11) is 0. The number of ether oxygens (including phenoxy) is 1. The van der Waals surface area contributed by atoms with Crippen molar-refractivity contribution in [2.45, 2.75) is 13.3 Å². The van der Waals surface area contributed by atoms with Crippen molar-refractivity contribution in [1.82, 2.24) is 0 Å². The fourth-order valence-corrected chi connectivity index (χ4v) is 2.05. The molecule has 0 radical (unpaired) electrons. The molecule has 0 saturated carbocycles. The number of alkyl halides is 1. The quantitative estimate of drug-likeness (QED) is 0.646. The van der Waals surface area contributed by atoms with Crippen LogP contribution in [0.1, 0.15) is 12.5 Å². The maximum absolute atomic E-state index is 11.1. The summed E-state index contributed by atoms with van der Waals surface area (Å²) < 4.78 is 4.82. The molecule has 0 spiro atoms. The van der Waals surface area contributed by atoms with E-state index in [-0.39, 0.29) is 12.5 Å². The number of halogens is 2. The Hall–Kier alpha value is -0.740. The topological polar surface area (TPSA) is 38.3 Å². The lowest BCUT2D eigenvalue weighted by molar-refractivity contribution is -0.140. The monoisotopic (exact) mass is 319 g/mol. The van der Waals surface area contributed by atoms with Crippen LogP contribution in [0.2, 0.25) is 5.02 Å². The first-order valence-corrected chi connectivity index (χ1v) is 6.91. The van der Waals surface area contributed by atoms with Crippen molar-refractivity contribution < 1.29 is 9.53 Å². The molecular formula is C12H15BrClNO2. The summed E-state index contributed by atoms with van der Waals surface area (Å²) in [5, 5.41) is 4.55. The van der Waals surface area contributed by atoms with Gasteiger partial charge in [-0.05, 0) is 31.0 Å². The Balaban J connectivity index is 2.55. The lowest BCUT2D eigenvalue weighted by Gasteiger charge is -2.08. The molecule has 0 saturated heterocycles. The maximum atomic E-state index is 11.1. The van der Waals surface area contributed by atoms with Gasteiger partial charge in [0.05, 0.1) is 6.61 Å². The Morgan fingerprint density at radius 1 is 1.53 bits per heavy atom. The first-order chi connectivity index (χ1) is 8.17. The van der Waals surface area contributed by atoms with Gasteiger partial charge in [-0.15, -0.1) is 0 Å². The molecule has 0 amide bonds. The molecule has 0 aromatic heterocycles. The van der Waals surface area contributed by atoms with E-state index in [2.05, 4.69) is 21.2 Å². The number of benzene rings is 1. The highest BCUT2D eigenvalue weighted by molar-refractivity contribution is 9.09. The Morgan fingerprint density at radius 3 is 2.88 bits per heavy atom. The highest BCUT2D eigenvalue weighted by Crippen LogP contribution is 2.21. The molecule has 17 heavy (non-hydrogen) atoms. The second-order valence-corrected chi connectivity index (χ2v) is 4.60. The van der Waals surface area contributed by atoms with Crippen molar-refractivity contribution >= 4 is 39.2 Å². The first kappa shape index (κ1) is 14.3. The van der Waals surface area contributed by atoms with Crippen LogP contribution in [0.15, 0.2) is 18.2 Å². The molecule has 1 N–H and O–H groups in total. The van der Waals surface area contributed by atoms with Gasteiger partial charge in [0.25, 0.3) is 0 Å². The molecule has 94 valence electrons. The van der Waals surface area contributed by atoms with Gasteiger partial charge in [-0.25, -0.2) is 0 Å². The summed E-state index contributed by atoms with van der Waals surface area (Å²) in [5.74, 6) is -0.270. The lowest BCUT2D eigenvalue weighted by atomic mass is 10.1. The molecule has 1 aromatic rings. The zero-order valence-corrected chi connectivity index (χ0v) is 12.0. The van der Waals surface area contributed by atoms with Crippen molar-refractivity contribution in [2.75, 3.05) is 23.8 Å². The minimum absolute atomic E-state index is 0.155. The van der Waals surface area contributed by atoms with E-state index in [1.165, 1.54) is 0 Å². The molecule has 1 rings (SSSR count). The second-order valence-electron chi connectivity index (χ2n) is 3.40. The van der Waals surface area contributed by atoms with Crippen LogP contribution in [0.4, 0.5) is 5.69 Å². The molecular weight excluding hydrogens is 305 g/mol. The summed E-state index contributed by atoms with van der Waals surface area (Å²) in [6.45, 7) is 2.33. The van der Waals surface area contributed by atoms with Gasteiger partial charge < -0.3 is 10.1 Å². The summed E-state index contributed by atoms with van der Waals surface area (Å²) in [4.78, 5) is 11.1. The van der Waals surface area contributed by atoms with Gasteiger partial charge in [0.2, 0.25) is 0 Å². The molecule has 5 heteroatoms. The number of carbonyl (C=O) groups is 1. The lowest BCUT2D eigenvalue weighted by Crippen LogP contribution is -2.16. The van der Waals surface area contributed by atoms with E-state index in [1.54, 1.807) is 6.92 Å². The largest absolute Gasteiger partial charge is 0.465 e. The van der Waals surface area contributed by atoms with E-state index in [0.717, 1.165) is 23.0 Å². The van der Waals surface area contributed by atoms with Crippen molar-refractivity contribution in [3.8, 4) is 0 Å². The van der Waals surface area contributed by atoms with E-state index in [9.17, 15) is 4.79 Å². The number of aryl methyl sites for hydroxylation is 1. The molecule has 0 unspecified atom stereocenters. The van der Waals surface area contributed by atoms with Crippen LogP contribution in [0.5, 0.6) is 0 Å². The van der Waals surface area contributed by atoms with Gasteiger partial charge in [-0.3, -0.25) is 4.79 Å².